The highest BCUT2D eigenvalue weighted by atomic mass is 19.1. The van der Waals surface area contributed by atoms with Gasteiger partial charge < -0.3 is 25.1 Å². The average molecular weight is 341 g/mol. The number of imidazole rings is 1. The van der Waals surface area contributed by atoms with Gasteiger partial charge in [0.05, 0.1) is 6.33 Å². The molecule has 4 unspecified atom stereocenters. The highest BCUT2D eigenvalue weighted by Crippen LogP contribution is 2.33. The number of anilines is 1. The molecule has 11 nitrogen and oxygen atoms in total. The van der Waals surface area contributed by atoms with E-state index in [2.05, 4.69) is 19.7 Å². The first-order valence-corrected chi connectivity index (χ1v) is 6.70. The third-order valence-corrected chi connectivity index (χ3v) is 3.55. The molecule has 24 heavy (non-hydrogen) atoms. The zero-order chi connectivity index (χ0) is 17.3. The number of nitrogens with zero attached hydrogens (tertiary/aromatic N) is 4. The fourth-order valence-corrected chi connectivity index (χ4v) is 2.52. The number of hydrogen-bond donors (Lipinski definition) is 2. The number of aliphatic hydroxyl groups excluding tert-OH is 1. The molecule has 0 spiro atoms. The molecule has 128 valence electrons. The van der Waals surface area contributed by atoms with Gasteiger partial charge in [0.15, 0.2) is 29.3 Å². The zero-order valence-corrected chi connectivity index (χ0v) is 12.0. The van der Waals surface area contributed by atoms with Crippen LogP contribution < -0.4 is 5.73 Å². The Morgan fingerprint density at radius 2 is 2.21 bits per heavy atom. The van der Waals surface area contributed by atoms with Crippen molar-refractivity contribution in [3.8, 4) is 0 Å². The Kier molecular flexibility index (Phi) is 4.22. The van der Waals surface area contributed by atoms with Crippen LogP contribution in [-0.4, -0.2) is 62.5 Å². The molecule has 0 radical (unpaired) electrons. The topological polar surface area (TPSA) is 152 Å². The lowest BCUT2D eigenvalue weighted by Crippen LogP contribution is -2.35. The van der Waals surface area contributed by atoms with E-state index in [0.29, 0.717) is 0 Å². The number of nitrogen functional groups attached to an aromatic ring is 1. The Hall–Kier alpha value is -2.86. The van der Waals surface area contributed by atoms with Gasteiger partial charge in [0.1, 0.15) is 18.8 Å². The molecular weight excluding hydrogens is 329 g/mol. The minimum atomic E-state index is -1.29. The molecule has 0 amide bonds. The van der Waals surface area contributed by atoms with Crippen LogP contribution in [0.1, 0.15) is 6.23 Å². The molecule has 3 heterocycles. The number of ether oxygens (including phenoxy) is 3. The van der Waals surface area contributed by atoms with Gasteiger partial charge >= 0.3 is 6.08 Å². The molecule has 0 saturated carbocycles. The zero-order valence-electron chi connectivity index (χ0n) is 12.0. The number of hydrogen-bond acceptors (Lipinski definition) is 10. The number of rotatable bonds is 6. The number of nitrogens with two attached hydrogens (primary N) is 1. The van der Waals surface area contributed by atoms with E-state index in [1.165, 1.54) is 10.9 Å². The smallest absolute Gasteiger partial charge is 0.312 e. The number of carbonyl (C=O) groups is 2. The molecule has 0 bridgehead atoms. The van der Waals surface area contributed by atoms with Crippen LogP contribution in [0.2, 0.25) is 0 Å². The maximum atomic E-state index is 13.4. The lowest BCUT2D eigenvalue weighted by atomic mass is 10.1. The Morgan fingerprint density at radius 3 is 2.92 bits per heavy atom. The van der Waals surface area contributed by atoms with Gasteiger partial charge in [0.2, 0.25) is 0 Å². The summed E-state index contributed by atoms with van der Waals surface area (Å²) in [6.45, 7) is 0.0587. The van der Waals surface area contributed by atoms with Crippen LogP contribution in [0, 0.1) is 6.08 Å². The maximum absolute atomic E-state index is 13.4. The minimum absolute atomic E-state index is 0.00588. The van der Waals surface area contributed by atoms with Crippen molar-refractivity contribution in [1.82, 2.24) is 19.5 Å². The molecule has 0 aliphatic carbocycles. The Bertz CT molecular complexity index is 770. The summed E-state index contributed by atoms with van der Waals surface area (Å²) in [5, 5.41) is 10.2. The third-order valence-electron chi connectivity index (χ3n) is 3.55. The van der Waals surface area contributed by atoms with Crippen LogP contribution >= 0.6 is 0 Å². The Morgan fingerprint density at radius 1 is 1.42 bits per heavy atom. The third kappa shape index (κ3) is 2.61. The second-order valence-electron chi connectivity index (χ2n) is 4.88. The van der Waals surface area contributed by atoms with Crippen LogP contribution in [0.3, 0.4) is 0 Å². The Balaban J connectivity index is 2.00. The summed E-state index contributed by atoms with van der Waals surface area (Å²) in [5.41, 5.74) is 5.69. The largest absolute Gasteiger partial charge is 0.465 e. The first-order chi connectivity index (χ1) is 11.6. The highest BCUT2D eigenvalue weighted by Gasteiger charge is 2.47. The minimum Gasteiger partial charge on any atom is -0.465 e. The molecule has 4 atom stereocenters. The van der Waals surface area contributed by atoms with E-state index in [1.807, 2.05) is 0 Å². The second-order valence-corrected chi connectivity index (χ2v) is 4.88. The fraction of sp³-hybridized carbons (Fsp3) is 0.417. The van der Waals surface area contributed by atoms with E-state index in [9.17, 15) is 19.1 Å². The van der Waals surface area contributed by atoms with Crippen molar-refractivity contribution < 1.29 is 33.3 Å². The van der Waals surface area contributed by atoms with E-state index >= 15 is 0 Å². The van der Waals surface area contributed by atoms with Crippen molar-refractivity contribution in [2.24, 2.45) is 0 Å². The molecule has 1 aliphatic rings. The number of aliphatic hydroxyl groups is 1. The molecule has 2 aromatic heterocycles. The average Bonchev–Trinajstić information content (AvgIpc) is 3.08. The summed E-state index contributed by atoms with van der Waals surface area (Å²) in [7, 11) is 0. The monoisotopic (exact) mass is 341 g/mol. The number of carbonyl (C=O) groups excluding carboxylic acids is 2. The summed E-state index contributed by atoms with van der Waals surface area (Å²) in [6.07, 6.45) is -4.33. The summed E-state index contributed by atoms with van der Waals surface area (Å²) in [4.78, 5) is 31.9. The first kappa shape index (κ1) is 16.0. The summed E-state index contributed by atoms with van der Waals surface area (Å²) in [6, 6.07) is 0. The van der Waals surface area contributed by atoms with E-state index in [4.69, 9.17) is 15.2 Å². The number of fused-ring (bicyclic) bond motifs is 1. The first-order valence-electron chi connectivity index (χ1n) is 6.70. The van der Waals surface area contributed by atoms with Gasteiger partial charge in [-0.15, -0.1) is 0 Å². The molecule has 1 fully saturated rings. The van der Waals surface area contributed by atoms with Gasteiger partial charge in [-0.2, -0.15) is 14.4 Å². The number of aromatic nitrogens is 4. The summed E-state index contributed by atoms with van der Waals surface area (Å²) < 4.78 is 29.6. The van der Waals surface area contributed by atoms with Crippen LogP contribution in [0.25, 0.3) is 11.2 Å². The van der Waals surface area contributed by atoms with Gasteiger partial charge in [-0.1, -0.05) is 0 Å². The van der Waals surface area contributed by atoms with Crippen LogP contribution in [0.15, 0.2) is 6.33 Å². The van der Waals surface area contributed by atoms with Crippen molar-refractivity contribution in [3.63, 3.8) is 0 Å². The molecule has 3 N–H and O–H groups in total. The predicted octanol–water partition coefficient (Wildman–Crippen LogP) is -1.48. The summed E-state index contributed by atoms with van der Waals surface area (Å²) in [5.74, 6) is -0.177. The van der Waals surface area contributed by atoms with Crippen molar-refractivity contribution in [1.29, 1.82) is 0 Å². The van der Waals surface area contributed by atoms with Crippen LogP contribution in [0.5, 0.6) is 0 Å². The van der Waals surface area contributed by atoms with Crippen molar-refractivity contribution in [2.75, 3.05) is 12.3 Å². The van der Waals surface area contributed by atoms with Gasteiger partial charge in [-0.25, -0.2) is 4.98 Å². The van der Waals surface area contributed by atoms with Crippen LogP contribution in [0.4, 0.5) is 10.2 Å². The molecule has 12 heteroatoms. The molecule has 0 aromatic carbocycles. The van der Waals surface area contributed by atoms with E-state index in [0.717, 1.165) is 0 Å². The van der Waals surface area contributed by atoms with Crippen molar-refractivity contribution in [3.05, 3.63) is 12.4 Å². The highest BCUT2D eigenvalue weighted by molar-refractivity contribution is 5.81. The fourth-order valence-electron chi connectivity index (χ4n) is 2.52. The lowest BCUT2D eigenvalue weighted by Gasteiger charge is -2.19. The van der Waals surface area contributed by atoms with Crippen molar-refractivity contribution >= 4 is 29.9 Å². The SMILES string of the molecule is Nc1nc(F)nc2c1ncn2C1OC(COC=O)C(O)C1OC=O. The van der Waals surface area contributed by atoms with Gasteiger partial charge in [0, 0.05) is 0 Å². The van der Waals surface area contributed by atoms with Crippen LogP contribution in [-0.2, 0) is 23.8 Å². The molecule has 1 aliphatic heterocycles. The Labute approximate surface area is 133 Å². The molecular formula is C12H12FN5O6. The van der Waals surface area contributed by atoms with E-state index < -0.39 is 30.6 Å². The lowest BCUT2D eigenvalue weighted by molar-refractivity contribution is -0.142. The molecule has 3 rings (SSSR count). The van der Waals surface area contributed by atoms with E-state index in [1.54, 1.807) is 0 Å². The van der Waals surface area contributed by atoms with E-state index in [-0.39, 0.29) is 36.5 Å². The quantitative estimate of drug-likeness (QED) is 0.470. The molecule has 2 aromatic rings. The van der Waals surface area contributed by atoms with Gasteiger partial charge in [-0.3, -0.25) is 14.2 Å². The second kappa shape index (κ2) is 6.33. The normalized spacial score (nSPS) is 26.4. The van der Waals surface area contributed by atoms with Gasteiger partial charge in [-0.05, 0) is 0 Å². The molecule has 1 saturated heterocycles. The predicted molar refractivity (Wildman–Crippen MR) is 72.6 cm³/mol. The van der Waals surface area contributed by atoms with Gasteiger partial charge in [0.25, 0.3) is 12.9 Å². The standard InChI is InChI=1S/C12H12FN5O6/c13-12-16-9(14)6-10(17-12)18(2-15-6)11-8(23-4-20)7(21)5(24-11)1-22-3-19/h2-5,7-8,11,21H,1H2,(H2,14,16,17). The number of halogens is 1. The summed E-state index contributed by atoms with van der Waals surface area (Å²) >= 11 is 0. The maximum Gasteiger partial charge on any atom is 0.312 e. The van der Waals surface area contributed by atoms with Crippen molar-refractivity contribution in [2.45, 2.75) is 24.5 Å².